The molecule has 0 aromatic rings. The minimum Gasteiger partial charge on any atom is -0.0935 e. The largest absolute Gasteiger partial charge is 0.0935 e. The van der Waals surface area contributed by atoms with Crippen molar-refractivity contribution in [1.82, 2.24) is 0 Å². The van der Waals surface area contributed by atoms with E-state index in [1.54, 1.807) is 0 Å². The van der Waals surface area contributed by atoms with E-state index in [0.29, 0.717) is 0 Å². The highest BCUT2D eigenvalue weighted by atomic mass is 32.1. The van der Waals surface area contributed by atoms with E-state index in [1.807, 2.05) is 5.37 Å². The van der Waals surface area contributed by atoms with Crippen molar-refractivity contribution in [3.63, 3.8) is 0 Å². The minimum atomic E-state index is 0.988. The molecule has 0 aliphatic heterocycles. The fraction of sp³-hybridized carbons (Fsp3) is 0.800. The molecule has 6 heavy (non-hydrogen) atoms. The van der Waals surface area contributed by atoms with Crippen molar-refractivity contribution in [2.75, 3.05) is 0 Å². The molecule has 0 unspecified atom stereocenters. The lowest BCUT2D eigenvalue weighted by Gasteiger charge is -1.75. The summed E-state index contributed by atoms with van der Waals surface area (Å²) in [5.74, 6) is 0.988. The summed E-state index contributed by atoms with van der Waals surface area (Å²) in [4.78, 5) is 0. The van der Waals surface area contributed by atoms with Crippen LogP contribution in [0.4, 0.5) is 0 Å². The number of rotatable bonds is 2. The summed E-state index contributed by atoms with van der Waals surface area (Å²) in [5.41, 5.74) is 0. The van der Waals surface area contributed by atoms with E-state index in [9.17, 15) is 0 Å². The normalized spacial score (nSPS) is 20.7. The van der Waals surface area contributed by atoms with E-state index < -0.39 is 0 Å². The van der Waals surface area contributed by atoms with Gasteiger partial charge in [-0.05, 0) is 30.5 Å². The molecule has 0 nitrogen and oxygen atoms in total. The van der Waals surface area contributed by atoms with E-state index in [4.69, 9.17) is 0 Å². The van der Waals surface area contributed by atoms with Gasteiger partial charge in [-0.3, -0.25) is 0 Å². The maximum Gasteiger partial charge on any atom is -0.0208 e. The molecule has 0 N–H and O–H groups in total. The molecule has 0 atom stereocenters. The standard InChI is InChI=1S/C5H8S/c6-4-3-5-1-2-5/h4-5H,1-3H2. The van der Waals surface area contributed by atoms with Crippen LogP contribution in [-0.2, 0) is 0 Å². The van der Waals surface area contributed by atoms with Gasteiger partial charge in [0.1, 0.15) is 0 Å². The molecule has 1 heteroatoms. The van der Waals surface area contributed by atoms with E-state index in [-0.39, 0.29) is 0 Å². The third-order valence-electron chi connectivity index (χ3n) is 1.13. The van der Waals surface area contributed by atoms with Crippen molar-refractivity contribution < 1.29 is 0 Å². The molecule has 0 aromatic carbocycles. The van der Waals surface area contributed by atoms with Gasteiger partial charge in [-0.2, -0.15) is 0 Å². The molecule has 0 aromatic heterocycles. The van der Waals surface area contributed by atoms with Crippen LogP contribution >= 0.6 is 12.2 Å². The maximum absolute atomic E-state index is 4.64. The van der Waals surface area contributed by atoms with Gasteiger partial charge in [0, 0.05) is 0 Å². The Morgan fingerprint density at radius 3 is 2.50 bits per heavy atom. The molecule has 0 bridgehead atoms. The van der Waals surface area contributed by atoms with Crippen LogP contribution in [0.1, 0.15) is 19.3 Å². The molecular weight excluding hydrogens is 92.1 g/mol. The Bertz CT molecular complexity index is 55.0. The number of hydrogen-bond acceptors (Lipinski definition) is 1. The second-order valence-corrected chi connectivity index (χ2v) is 2.18. The average molecular weight is 100 g/mol. The number of thiocarbonyl (C=S) groups is 1. The van der Waals surface area contributed by atoms with Gasteiger partial charge in [0.05, 0.1) is 0 Å². The molecule has 1 saturated carbocycles. The minimum absolute atomic E-state index is 0.988. The Labute approximate surface area is 43.6 Å². The first-order valence-corrected chi connectivity index (χ1v) is 2.84. The van der Waals surface area contributed by atoms with Crippen molar-refractivity contribution in [1.29, 1.82) is 0 Å². The van der Waals surface area contributed by atoms with Gasteiger partial charge in [-0.15, -0.1) is 0 Å². The molecule has 0 radical (unpaired) electrons. The Morgan fingerprint density at radius 1 is 1.67 bits per heavy atom. The zero-order valence-electron chi connectivity index (χ0n) is 3.68. The summed E-state index contributed by atoms with van der Waals surface area (Å²) >= 11 is 4.64. The lowest BCUT2D eigenvalue weighted by atomic mass is 10.3. The van der Waals surface area contributed by atoms with Crippen LogP contribution in [0.2, 0.25) is 0 Å². The molecule has 1 aliphatic rings. The monoisotopic (exact) mass is 100 g/mol. The summed E-state index contributed by atoms with van der Waals surface area (Å²) in [6.07, 6.45) is 4.02. The van der Waals surface area contributed by atoms with E-state index in [0.717, 1.165) is 5.92 Å². The molecule has 34 valence electrons. The van der Waals surface area contributed by atoms with Crippen LogP contribution in [0.25, 0.3) is 0 Å². The first-order chi connectivity index (χ1) is 2.93. The quantitative estimate of drug-likeness (QED) is 0.477. The van der Waals surface area contributed by atoms with Crippen molar-refractivity contribution in [3.8, 4) is 0 Å². The molecule has 1 fully saturated rings. The third-order valence-corrected chi connectivity index (χ3v) is 1.32. The molecule has 0 heterocycles. The van der Waals surface area contributed by atoms with Crippen LogP contribution in [0.5, 0.6) is 0 Å². The van der Waals surface area contributed by atoms with Crippen molar-refractivity contribution >= 4 is 17.6 Å². The summed E-state index contributed by atoms with van der Waals surface area (Å²) < 4.78 is 0. The third kappa shape index (κ3) is 1.05. The second kappa shape index (κ2) is 1.69. The highest BCUT2D eigenvalue weighted by Gasteiger charge is 2.18. The van der Waals surface area contributed by atoms with Gasteiger partial charge in [0.15, 0.2) is 0 Å². The Morgan fingerprint density at radius 2 is 2.33 bits per heavy atom. The van der Waals surface area contributed by atoms with E-state index in [2.05, 4.69) is 12.2 Å². The second-order valence-electron chi connectivity index (χ2n) is 1.85. The van der Waals surface area contributed by atoms with Gasteiger partial charge in [0.2, 0.25) is 0 Å². The van der Waals surface area contributed by atoms with Crippen LogP contribution in [-0.4, -0.2) is 5.37 Å². The zero-order chi connectivity index (χ0) is 4.41. The summed E-state index contributed by atoms with van der Waals surface area (Å²) in [6.45, 7) is 0. The van der Waals surface area contributed by atoms with Gasteiger partial charge >= 0.3 is 0 Å². The topological polar surface area (TPSA) is 0 Å². The highest BCUT2D eigenvalue weighted by Crippen LogP contribution is 2.31. The fourth-order valence-corrected chi connectivity index (χ4v) is 0.762. The van der Waals surface area contributed by atoms with Crippen LogP contribution < -0.4 is 0 Å². The summed E-state index contributed by atoms with van der Waals surface area (Å²) in [6, 6.07) is 0. The molecule has 0 saturated heterocycles. The van der Waals surface area contributed by atoms with Gasteiger partial charge < -0.3 is 0 Å². The molecular formula is C5H8S. The van der Waals surface area contributed by atoms with Crippen molar-refractivity contribution in [2.24, 2.45) is 5.92 Å². The SMILES string of the molecule is S=CCC1CC1. The van der Waals surface area contributed by atoms with Crippen LogP contribution in [0.3, 0.4) is 0 Å². The Kier molecular flexibility index (Phi) is 1.20. The zero-order valence-corrected chi connectivity index (χ0v) is 4.50. The van der Waals surface area contributed by atoms with Crippen LogP contribution in [0, 0.1) is 5.92 Å². The Hall–Kier alpha value is 0.0900. The lowest BCUT2D eigenvalue weighted by Crippen LogP contribution is -1.69. The van der Waals surface area contributed by atoms with Gasteiger partial charge in [-0.1, -0.05) is 12.2 Å². The lowest BCUT2D eigenvalue weighted by molar-refractivity contribution is 0.915. The van der Waals surface area contributed by atoms with Crippen molar-refractivity contribution in [2.45, 2.75) is 19.3 Å². The molecule has 0 spiro atoms. The predicted molar refractivity (Wildman–Crippen MR) is 31.0 cm³/mol. The molecule has 0 amide bonds. The summed E-state index contributed by atoms with van der Waals surface area (Å²) in [5, 5.41) is 1.84. The van der Waals surface area contributed by atoms with Crippen molar-refractivity contribution in [3.05, 3.63) is 0 Å². The molecule has 1 aliphatic carbocycles. The first-order valence-electron chi connectivity index (χ1n) is 2.37. The van der Waals surface area contributed by atoms with Gasteiger partial charge in [-0.25, -0.2) is 0 Å². The first kappa shape index (κ1) is 4.25. The van der Waals surface area contributed by atoms with Gasteiger partial charge in [0.25, 0.3) is 0 Å². The van der Waals surface area contributed by atoms with Crippen LogP contribution in [0.15, 0.2) is 0 Å². The van der Waals surface area contributed by atoms with E-state index >= 15 is 0 Å². The smallest absolute Gasteiger partial charge is 0.0208 e. The van der Waals surface area contributed by atoms with E-state index in [1.165, 1.54) is 19.3 Å². The average Bonchev–Trinajstić information content (AvgIpc) is 2.21. The maximum atomic E-state index is 4.64. The predicted octanol–water partition coefficient (Wildman–Crippen LogP) is 1.79. The number of hydrogen-bond donors (Lipinski definition) is 0. The Balaban J connectivity index is 2.00. The highest BCUT2D eigenvalue weighted by molar-refractivity contribution is 7.78. The summed E-state index contributed by atoms with van der Waals surface area (Å²) in [7, 11) is 0. The fourth-order valence-electron chi connectivity index (χ4n) is 0.490. The molecule has 1 rings (SSSR count).